The van der Waals surface area contributed by atoms with Crippen LogP contribution < -0.4 is 5.48 Å². The van der Waals surface area contributed by atoms with Gasteiger partial charge in [0.1, 0.15) is 6.33 Å². The predicted molar refractivity (Wildman–Crippen MR) is 59.5 cm³/mol. The first kappa shape index (κ1) is 12.7. The minimum Gasteiger partial charge on any atom is -0.426 e. The molecule has 7 heteroatoms. The molecule has 0 radical (unpaired) electrons. The highest BCUT2D eigenvalue weighted by Gasteiger charge is 2.14. The lowest BCUT2D eigenvalue weighted by Gasteiger charge is -2.08. The fraction of sp³-hybridized carbons (Fsp3) is 0.556. The van der Waals surface area contributed by atoms with Gasteiger partial charge in [-0.15, -0.1) is 0 Å². The maximum absolute atomic E-state index is 11.3. The van der Waals surface area contributed by atoms with Gasteiger partial charge in [-0.1, -0.05) is 26.2 Å². The van der Waals surface area contributed by atoms with Crippen LogP contribution in [0.25, 0.3) is 0 Å². The van der Waals surface area contributed by atoms with E-state index < -0.39 is 13.1 Å². The Morgan fingerprint density at radius 3 is 3.06 bits per heavy atom. The van der Waals surface area contributed by atoms with E-state index in [1.54, 1.807) is 0 Å². The summed E-state index contributed by atoms with van der Waals surface area (Å²) in [6, 6.07) is -0.480. The van der Waals surface area contributed by atoms with E-state index in [-0.39, 0.29) is 0 Å². The van der Waals surface area contributed by atoms with Gasteiger partial charge in [-0.05, 0) is 6.32 Å². The Hall–Kier alpha value is -1.34. The van der Waals surface area contributed by atoms with Crippen molar-refractivity contribution in [1.82, 2.24) is 15.0 Å². The molecule has 1 aromatic rings. The van der Waals surface area contributed by atoms with Crippen molar-refractivity contribution in [3.05, 3.63) is 18.7 Å². The van der Waals surface area contributed by atoms with E-state index in [0.29, 0.717) is 6.32 Å². The van der Waals surface area contributed by atoms with E-state index in [4.69, 9.17) is 4.76 Å². The van der Waals surface area contributed by atoms with Crippen molar-refractivity contribution in [3.8, 4) is 0 Å². The first-order valence-electron chi connectivity index (χ1n) is 5.36. The molecule has 0 saturated carbocycles. The van der Waals surface area contributed by atoms with Crippen molar-refractivity contribution in [2.24, 2.45) is 0 Å². The molecule has 0 fully saturated rings. The minimum atomic E-state index is -0.959. The first-order valence-corrected chi connectivity index (χ1v) is 5.36. The van der Waals surface area contributed by atoms with Crippen LogP contribution in [0.4, 0.5) is 4.79 Å². The molecule has 0 aliphatic rings. The maximum atomic E-state index is 11.3. The molecule has 0 atom stereocenters. The Morgan fingerprint density at radius 1 is 1.62 bits per heavy atom. The van der Waals surface area contributed by atoms with Crippen LogP contribution >= 0.6 is 0 Å². The molecular formula is C9H16BN3O3. The largest absolute Gasteiger partial charge is 0.479 e. The molecule has 88 valence electrons. The van der Waals surface area contributed by atoms with E-state index in [1.807, 2.05) is 0 Å². The predicted octanol–water partition coefficient (Wildman–Crippen LogP) is 1.04. The summed E-state index contributed by atoms with van der Waals surface area (Å²) in [6.45, 7) is 2.08. The van der Waals surface area contributed by atoms with Crippen molar-refractivity contribution in [1.29, 1.82) is 0 Å². The summed E-state index contributed by atoms with van der Waals surface area (Å²) < 4.78 is 6.00. The molecular weight excluding hydrogens is 209 g/mol. The highest BCUT2D eigenvalue weighted by Crippen LogP contribution is 2.02. The van der Waals surface area contributed by atoms with Crippen LogP contribution in [0.5, 0.6) is 0 Å². The Kier molecular flexibility index (Phi) is 5.59. The third-order valence-corrected chi connectivity index (χ3v) is 2.08. The number of nitrogens with zero attached hydrogens (tertiary/aromatic N) is 2. The average molecular weight is 225 g/mol. The second kappa shape index (κ2) is 7.02. The first-order chi connectivity index (χ1) is 7.74. The molecule has 0 spiro atoms. The van der Waals surface area contributed by atoms with Crippen LogP contribution in [0.2, 0.25) is 6.32 Å². The van der Waals surface area contributed by atoms with E-state index in [2.05, 4.69) is 17.4 Å². The number of hydrogen-bond acceptors (Lipinski definition) is 4. The van der Waals surface area contributed by atoms with E-state index in [1.165, 1.54) is 23.3 Å². The summed E-state index contributed by atoms with van der Waals surface area (Å²) in [5, 5.41) is 9.36. The lowest BCUT2D eigenvalue weighted by Crippen LogP contribution is -2.34. The van der Waals surface area contributed by atoms with Gasteiger partial charge < -0.3 is 5.02 Å². The summed E-state index contributed by atoms with van der Waals surface area (Å²) >= 11 is 0. The number of carbonyl (C=O) groups is 1. The van der Waals surface area contributed by atoms with E-state index in [0.717, 1.165) is 19.3 Å². The third kappa shape index (κ3) is 4.46. The van der Waals surface area contributed by atoms with Gasteiger partial charge in [0.25, 0.3) is 0 Å². The monoisotopic (exact) mass is 225 g/mol. The fourth-order valence-electron chi connectivity index (χ4n) is 1.18. The molecule has 1 aromatic heterocycles. The molecule has 1 amide bonds. The van der Waals surface area contributed by atoms with Crippen molar-refractivity contribution < 1.29 is 14.6 Å². The normalized spacial score (nSPS) is 10.1. The standard InChI is InChI=1S/C9H16BN3O3/c1-2-3-4-5-10(15)16-12-9(14)13-7-6-11-8-13/h6-8,15H,2-5H2,1H3,(H,12,14). The van der Waals surface area contributed by atoms with Crippen LogP contribution in [-0.4, -0.2) is 27.7 Å². The van der Waals surface area contributed by atoms with Crippen LogP contribution in [-0.2, 0) is 4.76 Å². The molecule has 0 saturated heterocycles. The Labute approximate surface area is 94.7 Å². The van der Waals surface area contributed by atoms with Crippen molar-refractivity contribution in [3.63, 3.8) is 0 Å². The lowest BCUT2D eigenvalue weighted by atomic mass is 9.83. The zero-order valence-corrected chi connectivity index (χ0v) is 9.30. The van der Waals surface area contributed by atoms with Crippen LogP contribution in [0.1, 0.15) is 26.2 Å². The number of amides is 1. The fourth-order valence-corrected chi connectivity index (χ4v) is 1.18. The highest BCUT2D eigenvalue weighted by atomic mass is 16.7. The third-order valence-electron chi connectivity index (χ3n) is 2.08. The van der Waals surface area contributed by atoms with Gasteiger partial charge in [-0.2, -0.15) is 0 Å². The smallest absolute Gasteiger partial charge is 0.426 e. The van der Waals surface area contributed by atoms with Crippen LogP contribution in [0.15, 0.2) is 18.7 Å². The van der Waals surface area contributed by atoms with Gasteiger partial charge in [0.15, 0.2) is 0 Å². The van der Waals surface area contributed by atoms with Gasteiger partial charge in [0, 0.05) is 12.4 Å². The summed E-state index contributed by atoms with van der Waals surface area (Å²) in [5.41, 5.74) is 2.15. The molecule has 6 nitrogen and oxygen atoms in total. The lowest BCUT2D eigenvalue weighted by molar-refractivity contribution is 0.156. The molecule has 0 aliphatic heterocycles. The van der Waals surface area contributed by atoms with E-state index in [9.17, 15) is 9.82 Å². The second-order valence-electron chi connectivity index (χ2n) is 3.45. The minimum absolute atomic E-state index is 0.480. The van der Waals surface area contributed by atoms with Gasteiger partial charge in [-0.3, -0.25) is 9.32 Å². The Morgan fingerprint density at radius 2 is 2.44 bits per heavy atom. The van der Waals surface area contributed by atoms with Crippen molar-refractivity contribution >= 4 is 13.1 Å². The number of hydroxylamine groups is 1. The number of nitrogens with one attached hydrogen (secondary N) is 1. The SMILES string of the molecule is CCCCCB(O)ONC(=O)n1ccnc1. The second-order valence-corrected chi connectivity index (χ2v) is 3.45. The van der Waals surface area contributed by atoms with Crippen molar-refractivity contribution in [2.75, 3.05) is 0 Å². The summed E-state index contributed by atoms with van der Waals surface area (Å²) in [7, 11) is -0.959. The van der Waals surface area contributed by atoms with Crippen molar-refractivity contribution in [2.45, 2.75) is 32.5 Å². The maximum Gasteiger partial charge on any atom is 0.479 e. The van der Waals surface area contributed by atoms with Crippen LogP contribution in [0, 0.1) is 0 Å². The van der Waals surface area contributed by atoms with Gasteiger partial charge in [-0.25, -0.2) is 15.3 Å². The molecule has 0 aromatic carbocycles. The average Bonchev–Trinajstić information content (AvgIpc) is 2.79. The number of aromatic nitrogens is 2. The Bertz CT molecular complexity index is 305. The topological polar surface area (TPSA) is 76.4 Å². The molecule has 2 N–H and O–H groups in total. The molecule has 0 bridgehead atoms. The molecule has 1 rings (SSSR count). The van der Waals surface area contributed by atoms with Crippen LogP contribution in [0.3, 0.4) is 0 Å². The molecule has 0 aliphatic carbocycles. The summed E-state index contributed by atoms with van der Waals surface area (Å²) in [5.74, 6) is 0. The van der Waals surface area contributed by atoms with Gasteiger partial charge in [0.05, 0.1) is 0 Å². The van der Waals surface area contributed by atoms with Gasteiger partial charge >= 0.3 is 13.1 Å². The summed E-state index contributed by atoms with van der Waals surface area (Å²) in [4.78, 5) is 15.0. The Balaban J connectivity index is 2.16. The highest BCUT2D eigenvalue weighted by molar-refractivity contribution is 6.42. The zero-order chi connectivity index (χ0) is 11.8. The summed E-state index contributed by atoms with van der Waals surface area (Å²) in [6.07, 6.45) is 7.82. The van der Waals surface area contributed by atoms with Gasteiger partial charge in [0.2, 0.25) is 0 Å². The molecule has 16 heavy (non-hydrogen) atoms. The quantitative estimate of drug-likeness (QED) is 0.431. The molecule has 1 heterocycles. The van der Waals surface area contributed by atoms with E-state index >= 15 is 0 Å². The number of imidazole rings is 1. The number of unbranched alkanes of at least 4 members (excludes halogenated alkanes) is 2. The number of rotatable bonds is 6. The number of carbonyl (C=O) groups excluding carboxylic acids is 1. The number of hydrogen-bond donors (Lipinski definition) is 2. The molecule has 0 unspecified atom stereocenters. The zero-order valence-electron chi connectivity index (χ0n) is 9.30.